The Bertz CT molecular complexity index is 883. The topological polar surface area (TPSA) is 67.3 Å². The smallest absolute Gasteiger partial charge is 0.306 e. The molecule has 0 amide bonds. The van der Waals surface area contributed by atoms with Crippen molar-refractivity contribution in [1.82, 2.24) is 9.36 Å². The maximum absolute atomic E-state index is 12.0. The number of nitrogens with zero attached hydrogens (tertiary/aromatic N) is 3. The largest absolute Gasteiger partial charge is 0.469 e. The summed E-state index contributed by atoms with van der Waals surface area (Å²) < 4.78 is 9.03. The third kappa shape index (κ3) is 6.58. The Hall–Kier alpha value is -1.86. The molecule has 1 fully saturated rings. The Labute approximate surface area is 200 Å². The van der Waals surface area contributed by atoms with E-state index in [2.05, 4.69) is 58.5 Å². The monoisotopic (exact) mass is 478 g/mol. The van der Waals surface area contributed by atoms with Crippen LogP contribution in [0.25, 0.3) is 0 Å². The number of anilines is 3. The summed E-state index contributed by atoms with van der Waals surface area (Å²) in [7, 11) is 1.44. The van der Waals surface area contributed by atoms with Crippen LogP contribution in [0.5, 0.6) is 0 Å². The van der Waals surface area contributed by atoms with Gasteiger partial charge in [-0.15, -0.1) is 0 Å². The summed E-state index contributed by atoms with van der Waals surface area (Å²) in [5.41, 5.74) is 3.28. The molecule has 0 bridgehead atoms. The van der Waals surface area contributed by atoms with Gasteiger partial charge in [0.05, 0.1) is 24.9 Å². The molecule has 1 aliphatic carbocycles. The van der Waals surface area contributed by atoms with Crippen LogP contribution in [-0.2, 0) is 9.53 Å². The molecule has 2 aromatic rings. The highest BCUT2D eigenvalue weighted by molar-refractivity contribution is 7.10. The van der Waals surface area contributed by atoms with Crippen molar-refractivity contribution in [2.24, 2.45) is 5.92 Å². The summed E-state index contributed by atoms with van der Waals surface area (Å²) in [5, 5.41) is 4.39. The van der Waals surface area contributed by atoms with Gasteiger partial charge >= 0.3 is 5.97 Å². The SMILES string of the molecule is CC[C@H](CC(=O)OC)c1ccc(N(CC(C)C)C2CCCCC2)c(Nc2nc(Cl)ns2)c1. The molecule has 1 aliphatic rings. The second kappa shape index (κ2) is 11.8. The third-order valence-corrected chi connectivity index (χ3v) is 7.05. The number of halogens is 1. The van der Waals surface area contributed by atoms with E-state index in [0.29, 0.717) is 23.5 Å². The molecule has 0 saturated heterocycles. The maximum Gasteiger partial charge on any atom is 0.306 e. The summed E-state index contributed by atoms with van der Waals surface area (Å²) >= 11 is 7.24. The van der Waals surface area contributed by atoms with Crippen molar-refractivity contribution in [2.45, 2.75) is 77.7 Å². The van der Waals surface area contributed by atoms with Crippen LogP contribution in [0.1, 0.15) is 77.2 Å². The van der Waals surface area contributed by atoms with E-state index in [4.69, 9.17) is 16.3 Å². The number of carbonyl (C=O) groups excluding carboxylic acids is 1. The van der Waals surface area contributed by atoms with Crippen molar-refractivity contribution in [3.63, 3.8) is 0 Å². The predicted molar refractivity (Wildman–Crippen MR) is 133 cm³/mol. The summed E-state index contributed by atoms with van der Waals surface area (Å²) in [6.45, 7) is 7.64. The first-order valence-electron chi connectivity index (χ1n) is 11.6. The van der Waals surface area contributed by atoms with Gasteiger partial charge in [0.1, 0.15) is 0 Å². The normalized spacial score (nSPS) is 15.6. The number of carbonyl (C=O) groups is 1. The Morgan fingerprint density at radius 3 is 2.66 bits per heavy atom. The van der Waals surface area contributed by atoms with Crippen LogP contribution in [0.15, 0.2) is 18.2 Å². The van der Waals surface area contributed by atoms with Crippen LogP contribution in [0, 0.1) is 5.92 Å². The lowest BCUT2D eigenvalue weighted by molar-refractivity contribution is -0.141. The molecule has 32 heavy (non-hydrogen) atoms. The number of hydrogen-bond acceptors (Lipinski definition) is 7. The number of rotatable bonds is 10. The van der Waals surface area contributed by atoms with Gasteiger partial charge in [0, 0.05) is 24.1 Å². The van der Waals surface area contributed by atoms with Crippen molar-refractivity contribution in [3.8, 4) is 0 Å². The molecule has 0 unspecified atom stereocenters. The number of methoxy groups -OCH3 is 1. The summed E-state index contributed by atoms with van der Waals surface area (Å²) in [6.07, 6.45) is 7.56. The molecule has 1 aromatic carbocycles. The van der Waals surface area contributed by atoms with Gasteiger partial charge in [0.2, 0.25) is 10.4 Å². The molecular weight excluding hydrogens is 444 g/mol. The second-order valence-electron chi connectivity index (χ2n) is 8.99. The first-order chi connectivity index (χ1) is 15.4. The minimum Gasteiger partial charge on any atom is -0.469 e. The van der Waals surface area contributed by atoms with Crippen LogP contribution in [-0.4, -0.2) is 35.0 Å². The van der Waals surface area contributed by atoms with Gasteiger partial charge in [-0.25, -0.2) is 0 Å². The lowest BCUT2D eigenvalue weighted by Gasteiger charge is -2.38. The predicted octanol–water partition coefficient (Wildman–Crippen LogP) is 6.79. The van der Waals surface area contributed by atoms with Crippen LogP contribution < -0.4 is 10.2 Å². The van der Waals surface area contributed by atoms with E-state index in [1.807, 2.05) is 0 Å². The summed E-state index contributed by atoms with van der Waals surface area (Å²) in [6, 6.07) is 7.07. The molecule has 0 radical (unpaired) electrons. The van der Waals surface area contributed by atoms with E-state index in [1.165, 1.54) is 56.4 Å². The molecule has 0 spiro atoms. The third-order valence-electron chi connectivity index (χ3n) is 6.16. The molecule has 1 aromatic heterocycles. The zero-order valence-corrected chi connectivity index (χ0v) is 21.1. The van der Waals surface area contributed by atoms with Gasteiger partial charge in [0.25, 0.3) is 0 Å². The van der Waals surface area contributed by atoms with Gasteiger partial charge in [-0.1, -0.05) is 46.1 Å². The number of aromatic nitrogens is 2. The lowest BCUT2D eigenvalue weighted by atomic mass is 9.90. The molecule has 1 heterocycles. The molecule has 3 rings (SSSR count). The van der Waals surface area contributed by atoms with Gasteiger partial charge in [-0.05, 0) is 60.4 Å². The molecular formula is C24H35ClN4O2S. The standard InChI is InChI=1S/C24H35ClN4O2S/c1-5-17(14-22(30)31-4)18-11-12-21(20(13-18)26-24-27-23(25)28-32-24)29(15-16(2)3)19-9-7-6-8-10-19/h11-13,16-17,19H,5-10,14-15H2,1-4H3,(H,26,27,28)/t17-/m1/s1. The lowest BCUT2D eigenvalue weighted by Crippen LogP contribution is -2.39. The van der Waals surface area contributed by atoms with Crippen LogP contribution in [0.4, 0.5) is 16.5 Å². The summed E-state index contributed by atoms with van der Waals surface area (Å²) in [4.78, 5) is 18.8. The van der Waals surface area contributed by atoms with E-state index >= 15 is 0 Å². The van der Waals surface area contributed by atoms with Crippen LogP contribution >= 0.6 is 23.1 Å². The highest BCUT2D eigenvalue weighted by Crippen LogP contribution is 2.38. The number of esters is 1. The first kappa shape index (κ1) is 24.8. The highest BCUT2D eigenvalue weighted by atomic mass is 35.5. The molecule has 176 valence electrons. The minimum atomic E-state index is -0.185. The fourth-order valence-electron chi connectivity index (χ4n) is 4.54. The number of ether oxygens (including phenoxy) is 1. The van der Waals surface area contributed by atoms with Crippen molar-refractivity contribution in [1.29, 1.82) is 0 Å². The molecule has 1 N–H and O–H groups in total. The zero-order valence-electron chi connectivity index (χ0n) is 19.6. The van der Waals surface area contributed by atoms with E-state index < -0.39 is 0 Å². The van der Waals surface area contributed by atoms with E-state index in [-0.39, 0.29) is 17.2 Å². The van der Waals surface area contributed by atoms with Crippen molar-refractivity contribution in [2.75, 3.05) is 23.9 Å². The number of nitrogens with one attached hydrogen (secondary N) is 1. The van der Waals surface area contributed by atoms with Gasteiger partial charge < -0.3 is 15.0 Å². The first-order valence-corrected chi connectivity index (χ1v) is 12.8. The molecule has 1 atom stereocenters. The molecule has 0 aliphatic heterocycles. The van der Waals surface area contributed by atoms with Gasteiger partial charge in [-0.3, -0.25) is 4.79 Å². The molecule has 1 saturated carbocycles. The second-order valence-corrected chi connectivity index (χ2v) is 10.1. The number of hydrogen-bond donors (Lipinski definition) is 1. The van der Waals surface area contributed by atoms with Crippen LogP contribution in [0.3, 0.4) is 0 Å². The quantitative estimate of drug-likeness (QED) is 0.379. The van der Waals surface area contributed by atoms with Crippen LogP contribution in [0.2, 0.25) is 5.28 Å². The Kier molecular flexibility index (Phi) is 9.17. The van der Waals surface area contributed by atoms with E-state index in [1.54, 1.807) is 0 Å². The molecule has 8 heteroatoms. The maximum atomic E-state index is 12.0. The van der Waals surface area contributed by atoms with Gasteiger partial charge in [-0.2, -0.15) is 9.36 Å². The zero-order chi connectivity index (χ0) is 23.1. The Morgan fingerprint density at radius 2 is 2.06 bits per heavy atom. The highest BCUT2D eigenvalue weighted by Gasteiger charge is 2.25. The average molecular weight is 479 g/mol. The van der Waals surface area contributed by atoms with Crippen molar-refractivity contribution in [3.05, 3.63) is 29.0 Å². The average Bonchev–Trinajstić information content (AvgIpc) is 3.20. The fourth-order valence-corrected chi connectivity index (χ4v) is 5.27. The van der Waals surface area contributed by atoms with E-state index in [0.717, 1.165) is 24.2 Å². The van der Waals surface area contributed by atoms with E-state index in [9.17, 15) is 4.79 Å². The molecule has 6 nitrogen and oxygen atoms in total. The fraction of sp³-hybridized carbons (Fsp3) is 0.625. The Morgan fingerprint density at radius 1 is 1.31 bits per heavy atom. The number of benzene rings is 1. The van der Waals surface area contributed by atoms with Gasteiger partial charge in [0.15, 0.2) is 0 Å². The Balaban J connectivity index is 2.00. The van der Waals surface area contributed by atoms with Crippen molar-refractivity contribution < 1.29 is 9.53 Å². The minimum absolute atomic E-state index is 0.100. The van der Waals surface area contributed by atoms with Crippen molar-refractivity contribution >= 4 is 45.6 Å². The summed E-state index contributed by atoms with van der Waals surface area (Å²) in [5.74, 6) is 0.460.